The number of fused-ring (bicyclic) bond motifs is 3. The number of carbonyl (C=O) groups excluding carboxylic acids is 1. The third kappa shape index (κ3) is 5.07. The lowest BCUT2D eigenvalue weighted by Gasteiger charge is -2.17. The summed E-state index contributed by atoms with van der Waals surface area (Å²) >= 11 is 0. The number of carboxylic acids is 1. The Labute approximate surface area is 214 Å². The quantitative estimate of drug-likeness (QED) is 0.345. The summed E-state index contributed by atoms with van der Waals surface area (Å²) in [6.45, 7) is 0.114. The summed E-state index contributed by atoms with van der Waals surface area (Å²) < 4.78 is 5.52. The maximum atomic E-state index is 12.6. The highest BCUT2D eigenvalue weighted by Crippen LogP contribution is 2.44. The normalized spacial score (nSPS) is 12.6. The van der Waals surface area contributed by atoms with Gasteiger partial charge in [-0.15, -0.1) is 0 Å². The molecule has 6 heteroatoms. The van der Waals surface area contributed by atoms with E-state index in [1.165, 1.54) is 0 Å². The molecule has 1 aliphatic carbocycles. The number of carboxylic acid groups (broad SMARTS) is 1. The summed E-state index contributed by atoms with van der Waals surface area (Å²) in [7, 11) is 0. The van der Waals surface area contributed by atoms with E-state index in [1.807, 2.05) is 72.8 Å². The Morgan fingerprint density at radius 1 is 0.865 bits per heavy atom. The molecular formula is C31H24N2O4. The van der Waals surface area contributed by atoms with Crippen LogP contribution in [0.2, 0.25) is 0 Å². The van der Waals surface area contributed by atoms with Crippen molar-refractivity contribution in [2.45, 2.75) is 18.4 Å². The molecule has 0 aromatic heterocycles. The number of benzene rings is 4. The number of aliphatic carboxylic acids is 1. The van der Waals surface area contributed by atoms with Crippen LogP contribution in [-0.4, -0.2) is 29.8 Å². The molecule has 0 spiro atoms. The number of alkyl carbamates (subject to hydrolysis) is 1. The molecule has 1 amide bonds. The molecule has 2 N–H and O–H groups in total. The number of nitrogens with one attached hydrogen (secondary N) is 1. The van der Waals surface area contributed by atoms with Gasteiger partial charge in [-0.25, -0.2) is 9.59 Å². The molecule has 5 rings (SSSR count). The number of nitriles is 1. The average Bonchev–Trinajstić information content (AvgIpc) is 3.25. The van der Waals surface area contributed by atoms with Gasteiger partial charge in [0.15, 0.2) is 0 Å². The monoisotopic (exact) mass is 488 g/mol. The summed E-state index contributed by atoms with van der Waals surface area (Å²) in [5.74, 6) is -1.24. The highest BCUT2D eigenvalue weighted by molar-refractivity contribution is 5.81. The zero-order chi connectivity index (χ0) is 25.8. The maximum Gasteiger partial charge on any atom is 0.407 e. The number of ether oxygens (including phenoxy) is 1. The summed E-state index contributed by atoms with van der Waals surface area (Å²) in [6.07, 6.45) is -0.655. The topological polar surface area (TPSA) is 99.4 Å². The van der Waals surface area contributed by atoms with Gasteiger partial charge in [-0.1, -0.05) is 84.9 Å². The third-order valence-corrected chi connectivity index (χ3v) is 6.65. The fraction of sp³-hybridized carbons (Fsp3) is 0.129. The van der Waals surface area contributed by atoms with Gasteiger partial charge in [0.05, 0.1) is 11.6 Å². The molecule has 4 aromatic carbocycles. The lowest BCUT2D eigenvalue weighted by Crippen LogP contribution is -2.42. The Morgan fingerprint density at radius 3 is 2.14 bits per heavy atom. The van der Waals surface area contributed by atoms with Crippen LogP contribution in [0.3, 0.4) is 0 Å². The van der Waals surface area contributed by atoms with Crippen molar-refractivity contribution in [1.29, 1.82) is 5.26 Å². The first-order chi connectivity index (χ1) is 18.0. The molecule has 1 aliphatic rings. The molecule has 0 aliphatic heterocycles. The van der Waals surface area contributed by atoms with Crippen LogP contribution in [0.15, 0.2) is 97.1 Å². The summed E-state index contributed by atoms with van der Waals surface area (Å²) in [5, 5.41) is 21.3. The second-order valence-corrected chi connectivity index (χ2v) is 8.95. The van der Waals surface area contributed by atoms with Gasteiger partial charge in [-0.05, 0) is 51.1 Å². The average molecular weight is 489 g/mol. The minimum Gasteiger partial charge on any atom is -0.480 e. The summed E-state index contributed by atoms with van der Waals surface area (Å²) in [5.41, 5.74) is 7.57. The van der Waals surface area contributed by atoms with Gasteiger partial charge in [0.1, 0.15) is 12.6 Å². The summed E-state index contributed by atoms with van der Waals surface area (Å²) in [4.78, 5) is 24.5. The molecule has 37 heavy (non-hydrogen) atoms. The smallest absolute Gasteiger partial charge is 0.407 e. The molecular weight excluding hydrogens is 464 g/mol. The fourth-order valence-electron chi connectivity index (χ4n) is 4.82. The van der Waals surface area contributed by atoms with Gasteiger partial charge in [0.2, 0.25) is 0 Å². The molecule has 4 aromatic rings. The second kappa shape index (κ2) is 10.4. The summed E-state index contributed by atoms with van der Waals surface area (Å²) in [6, 6.07) is 31.7. The highest BCUT2D eigenvalue weighted by Gasteiger charge is 2.29. The lowest BCUT2D eigenvalue weighted by molar-refractivity contribution is -0.139. The molecule has 0 saturated carbocycles. The Kier molecular flexibility index (Phi) is 6.69. The van der Waals surface area contributed by atoms with Crippen molar-refractivity contribution in [3.8, 4) is 28.3 Å². The first-order valence-electron chi connectivity index (χ1n) is 12.0. The van der Waals surface area contributed by atoms with Crippen LogP contribution in [0.5, 0.6) is 0 Å². The number of nitrogens with zero attached hydrogens (tertiary/aromatic N) is 1. The van der Waals surface area contributed by atoms with E-state index in [4.69, 9.17) is 10.00 Å². The lowest BCUT2D eigenvalue weighted by atomic mass is 9.98. The first kappa shape index (κ1) is 23.8. The van der Waals surface area contributed by atoms with Crippen molar-refractivity contribution < 1.29 is 19.4 Å². The van der Waals surface area contributed by atoms with Crippen molar-refractivity contribution in [3.63, 3.8) is 0 Å². The van der Waals surface area contributed by atoms with E-state index in [-0.39, 0.29) is 18.9 Å². The van der Waals surface area contributed by atoms with E-state index < -0.39 is 18.1 Å². The van der Waals surface area contributed by atoms with Gasteiger partial charge < -0.3 is 15.2 Å². The highest BCUT2D eigenvalue weighted by atomic mass is 16.5. The van der Waals surface area contributed by atoms with Crippen LogP contribution >= 0.6 is 0 Å². The molecule has 0 radical (unpaired) electrons. The maximum absolute atomic E-state index is 12.6. The van der Waals surface area contributed by atoms with Crippen LogP contribution in [0.4, 0.5) is 4.79 Å². The SMILES string of the molecule is N#Cc1cccc(-c2ccc(C[C@@H](NC(=O)OCC3c4ccccc4-c4ccccc43)C(=O)O)cc2)c1. The fourth-order valence-corrected chi connectivity index (χ4v) is 4.82. The zero-order valence-corrected chi connectivity index (χ0v) is 19.9. The van der Waals surface area contributed by atoms with E-state index >= 15 is 0 Å². The zero-order valence-electron chi connectivity index (χ0n) is 19.9. The van der Waals surface area contributed by atoms with Gasteiger partial charge in [-0.3, -0.25) is 0 Å². The van der Waals surface area contributed by atoms with Crippen LogP contribution in [0, 0.1) is 11.3 Å². The van der Waals surface area contributed by atoms with E-state index in [0.717, 1.165) is 38.9 Å². The number of hydrogen-bond donors (Lipinski definition) is 2. The standard InChI is InChI=1S/C31H24N2O4/c32-18-21-6-5-7-23(16-21)22-14-12-20(13-15-22)17-29(30(34)35)33-31(36)37-19-28-26-10-3-1-8-24(26)25-9-2-4-11-27(25)28/h1-16,28-29H,17,19H2,(H,33,36)(H,34,35)/t29-/m1/s1. The molecule has 0 bridgehead atoms. The van der Waals surface area contributed by atoms with Gasteiger partial charge >= 0.3 is 12.1 Å². The molecule has 0 heterocycles. The molecule has 0 unspecified atom stereocenters. The van der Waals surface area contributed by atoms with Gasteiger partial charge in [0, 0.05) is 12.3 Å². The van der Waals surface area contributed by atoms with E-state index in [9.17, 15) is 14.7 Å². The van der Waals surface area contributed by atoms with Crippen LogP contribution < -0.4 is 5.32 Å². The molecule has 0 saturated heterocycles. The van der Waals surface area contributed by atoms with E-state index in [2.05, 4.69) is 23.5 Å². The van der Waals surface area contributed by atoms with Gasteiger partial charge in [0.25, 0.3) is 0 Å². The van der Waals surface area contributed by atoms with Crippen molar-refractivity contribution >= 4 is 12.1 Å². The van der Waals surface area contributed by atoms with Crippen LogP contribution in [0.1, 0.15) is 28.2 Å². The number of hydrogen-bond acceptors (Lipinski definition) is 4. The van der Waals surface area contributed by atoms with Crippen molar-refractivity contribution in [2.24, 2.45) is 0 Å². The number of carbonyl (C=O) groups is 2. The van der Waals surface area contributed by atoms with Crippen LogP contribution in [0.25, 0.3) is 22.3 Å². The van der Waals surface area contributed by atoms with Gasteiger partial charge in [-0.2, -0.15) is 5.26 Å². The predicted molar refractivity (Wildman–Crippen MR) is 140 cm³/mol. The van der Waals surface area contributed by atoms with Crippen molar-refractivity contribution in [2.75, 3.05) is 6.61 Å². The predicted octanol–water partition coefficient (Wildman–Crippen LogP) is 5.76. The Bertz CT molecular complexity index is 1460. The second-order valence-electron chi connectivity index (χ2n) is 8.95. The molecule has 0 fully saturated rings. The molecule has 1 atom stereocenters. The van der Waals surface area contributed by atoms with Crippen LogP contribution in [-0.2, 0) is 16.0 Å². The molecule has 6 nitrogen and oxygen atoms in total. The first-order valence-corrected chi connectivity index (χ1v) is 12.0. The molecule has 182 valence electrons. The Balaban J connectivity index is 1.23. The van der Waals surface area contributed by atoms with Crippen molar-refractivity contribution in [3.05, 3.63) is 119 Å². The Morgan fingerprint density at radius 2 is 1.51 bits per heavy atom. The number of amides is 1. The number of rotatable bonds is 7. The van der Waals surface area contributed by atoms with Crippen molar-refractivity contribution in [1.82, 2.24) is 5.32 Å². The minimum absolute atomic E-state index is 0.103. The third-order valence-electron chi connectivity index (χ3n) is 6.65. The minimum atomic E-state index is -1.14. The van der Waals surface area contributed by atoms with E-state index in [1.54, 1.807) is 12.1 Å². The largest absolute Gasteiger partial charge is 0.480 e. The Hall–Kier alpha value is -4.89. The van der Waals surface area contributed by atoms with E-state index in [0.29, 0.717) is 5.56 Å².